The van der Waals surface area contributed by atoms with Crippen molar-refractivity contribution in [3.8, 4) is 0 Å². The largest absolute Gasteiger partial charge is 0.475 e. The van der Waals surface area contributed by atoms with Crippen LogP contribution in [-0.4, -0.2) is 46.0 Å². The number of alkyl halides is 2. The van der Waals surface area contributed by atoms with E-state index in [0.717, 1.165) is 0 Å². The standard InChI is InChI=1S/C13H17ClF2N3O6P/c1-6(2)24-26(21)22-5-13(4-14)9(25-26)8(16)11(23-13)19-3-7(15)10(17)18-12(19)20/h3,6,8-9,11H,4-5H2,1-2H3,(H2,17,18,20)/t8-,9-,11+,13+,26+/m0/s1. The summed E-state index contributed by atoms with van der Waals surface area (Å²) in [7, 11) is -4.06. The molecule has 9 nitrogen and oxygen atoms in total. The van der Waals surface area contributed by atoms with Gasteiger partial charge in [0.2, 0.25) is 0 Å². The van der Waals surface area contributed by atoms with Gasteiger partial charge in [0.05, 0.1) is 24.8 Å². The van der Waals surface area contributed by atoms with Gasteiger partial charge in [-0.1, -0.05) is 0 Å². The lowest BCUT2D eigenvalue weighted by atomic mass is 9.99. The molecule has 0 unspecified atom stereocenters. The third kappa shape index (κ3) is 3.28. The van der Waals surface area contributed by atoms with Crippen molar-refractivity contribution in [2.75, 3.05) is 18.2 Å². The van der Waals surface area contributed by atoms with E-state index in [9.17, 15) is 13.8 Å². The van der Waals surface area contributed by atoms with E-state index in [1.54, 1.807) is 13.8 Å². The average molecular weight is 416 g/mol. The van der Waals surface area contributed by atoms with Gasteiger partial charge in [-0.2, -0.15) is 4.98 Å². The van der Waals surface area contributed by atoms with Crippen LogP contribution in [0.5, 0.6) is 0 Å². The zero-order chi connectivity index (χ0) is 19.3. The molecular formula is C13H17ClF2N3O6P. The summed E-state index contributed by atoms with van der Waals surface area (Å²) in [5, 5.41) is 0. The number of rotatable bonds is 4. The normalized spacial score (nSPS) is 37.1. The first kappa shape index (κ1) is 19.7. The van der Waals surface area contributed by atoms with E-state index < -0.39 is 62.0 Å². The number of aromatic nitrogens is 2. The smallest absolute Gasteiger partial charge is 0.381 e. The van der Waals surface area contributed by atoms with Gasteiger partial charge < -0.3 is 10.5 Å². The summed E-state index contributed by atoms with van der Waals surface area (Å²) in [6.45, 7) is 2.79. The van der Waals surface area contributed by atoms with Gasteiger partial charge in [0.15, 0.2) is 24.0 Å². The molecule has 2 aliphatic heterocycles. The lowest BCUT2D eigenvalue weighted by molar-refractivity contribution is -0.136. The van der Waals surface area contributed by atoms with Gasteiger partial charge in [0.1, 0.15) is 11.7 Å². The van der Waals surface area contributed by atoms with Gasteiger partial charge in [0, 0.05) is 0 Å². The molecule has 146 valence electrons. The average Bonchev–Trinajstić information content (AvgIpc) is 2.83. The summed E-state index contributed by atoms with van der Waals surface area (Å²) < 4.78 is 62.9. The molecular weight excluding hydrogens is 399 g/mol. The monoisotopic (exact) mass is 415 g/mol. The van der Waals surface area contributed by atoms with E-state index in [2.05, 4.69) is 4.98 Å². The first-order valence-corrected chi connectivity index (χ1v) is 9.64. The number of hydrogen-bond acceptors (Lipinski definition) is 8. The number of halogens is 3. The molecule has 1 aromatic rings. The van der Waals surface area contributed by atoms with Crippen molar-refractivity contribution in [2.24, 2.45) is 0 Å². The summed E-state index contributed by atoms with van der Waals surface area (Å²) in [5.41, 5.74) is 2.65. The molecule has 0 aliphatic carbocycles. The van der Waals surface area contributed by atoms with Crippen LogP contribution in [-0.2, 0) is 22.9 Å². The lowest BCUT2D eigenvalue weighted by Crippen LogP contribution is -2.52. The number of anilines is 1. The number of nitrogens with zero attached hydrogens (tertiary/aromatic N) is 2. The summed E-state index contributed by atoms with van der Waals surface area (Å²) in [6, 6.07) is 0. The Labute approximate surface area is 151 Å². The molecule has 0 spiro atoms. The van der Waals surface area contributed by atoms with Gasteiger partial charge >= 0.3 is 13.5 Å². The Kier molecular flexibility index (Phi) is 5.15. The van der Waals surface area contributed by atoms with Crippen molar-refractivity contribution in [3.05, 3.63) is 22.5 Å². The minimum atomic E-state index is -4.06. The molecule has 3 heterocycles. The predicted molar refractivity (Wildman–Crippen MR) is 86.0 cm³/mol. The summed E-state index contributed by atoms with van der Waals surface area (Å²) in [4.78, 5) is 15.2. The van der Waals surface area contributed by atoms with Crippen molar-refractivity contribution in [1.29, 1.82) is 0 Å². The zero-order valence-electron chi connectivity index (χ0n) is 13.8. The lowest BCUT2D eigenvalue weighted by Gasteiger charge is -2.38. The fraction of sp³-hybridized carbons (Fsp3) is 0.692. The molecule has 2 N–H and O–H groups in total. The van der Waals surface area contributed by atoms with E-state index >= 15 is 4.39 Å². The molecule has 0 aromatic carbocycles. The minimum Gasteiger partial charge on any atom is -0.381 e. The molecule has 26 heavy (non-hydrogen) atoms. The third-order valence-corrected chi connectivity index (χ3v) is 5.98. The van der Waals surface area contributed by atoms with Crippen LogP contribution in [0.4, 0.5) is 14.6 Å². The second kappa shape index (κ2) is 6.81. The van der Waals surface area contributed by atoms with Gasteiger partial charge in [-0.05, 0) is 13.8 Å². The third-order valence-electron chi connectivity index (χ3n) is 3.92. The van der Waals surface area contributed by atoms with Crippen molar-refractivity contribution < 1.29 is 31.7 Å². The van der Waals surface area contributed by atoms with Gasteiger partial charge in [-0.3, -0.25) is 18.1 Å². The molecule has 0 amide bonds. The van der Waals surface area contributed by atoms with Gasteiger partial charge in [-0.25, -0.2) is 18.1 Å². The van der Waals surface area contributed by atoms with Crippen LogP contribution < -0.4 is 11.4 Å². The van der Waals surface area contributed by atoms with E-state index in [0.29, 0.717) is 10.8 Å². The number of nitrogens with two attached hydrogens (primary N) is 1. The SMILES string of the molecule is CC(C)O[P@@]1(=O)OC[C@@]2(CCl)O[C@@H](n3cc(F)c(N)nc3=O)[C@@H](F)[C@@H]2O1. The first-order chi connectivity index (χ1) is 12.1. The number of phosphoric ester groups is 1. The summed E-state index contributed by atoms with van der Waals surface area (Å²) >= 11 is 5.91. The van der Waals surface area contributed by atoms with Crippen molar-refractivity contribution in [2.45, 2.75) is 44.1 Å². The fourth-order valence-electron chi connectivity index (χ4n) is 2.75. The van der Waals surface area contributed by atoms with Crippen LogP contribution in [0.15, 0.2) is 11.0 Å². The number of ether oxygens (including phenoxy) is 1. The van der Waals surface area contributed by atoms with Crippen molar-refractivity contribution in [3.63, 3.8) is 0 Å². The Balaban J connectivity index is 1.96. The van der Waals surface area contributed by atoms with Crippen LogP contribution in [0.2, 0.25) is 0 Å². The Morgan fingerprint density at radius 3 is 2.92 bits per heavy atom. The van der Waals surface area contributed by atoms with E-state index in [-0.39, 0.29) is 5.88 Å². The summed E-state index contributed by atoms with van der Waals surface area (Å²) in [6.07, 6.45) is -4.95. The maximum atomic E-state index is 15.1. The second-order valence-corrected chi connectivity index (χ2v) is 8.06. The quantitative estimate of drug-likeness (QED) is 0.584. The minimum absolute atomic E-state index is 0.296. The molecule has 13 heteroatoms. The van der Waals surface area contributed by atoms with Gasteiger partial charge in [0.25, 0.3) is 0 Å². The Bertz CT molecular complexity index is 811. The topological polar surface area (TPSA) is 115 Å². The molecule has 2 aliphatic rings. The summed E-state index contributed by atoms with van der Waals surface area (Å²) in [5.74, 6) is -1.95. The highest BCUT2D eigenvalue weighted by Crippen LogP contribution is 2.60. The molecule has 0 bridgehead atoms. The highest BCUT2D eigenvalue weighted by molar-refractivity contribution is 7.48. The van der Waals surface area contributed by atoms with Crippen LogP contribution >= 0.6 is 19.4 Å². The number of hydrogen-bond donors (Lipinski definition) is 1. The molecule has 2 saturated heterocycles. The second-order valence-electron chi connectivity index (χ2n) is 6.22. The van der Waals surface area contributed by atoms with Crippen molar-refractivity contribution >= 4 is 25.2 Å². The molecule has 2 fully saturated rings. The molecule has 5 atom stereocenters. The predicted octanol–water partition coefficient (Wildman–Crippen LogP) is 1.76. The fourth-order valence-corrected chi connectivity index (χ4v) is 4.69. The van der Waals surface area contributed by atoms with Crippen LogP contribution in [0.1, 0.15) is 20.1 Å². The number of nitrogen functional groups attached to an aromatic ring is 1. The van der Waals surface area contributed by atoms with E-state index in [1.165, 1.54) is 0 Å². The van der Waals surface area contributed by atoms with Crippen LogP contribution in [0.25, 0.3) is 0 Å². The highest BCUT2D eigenvalue weighted by Gasteiger charge is 2.63. The van der Waals surface area contributed by atoms with E-state index in [1.807, 2.05) is 0 Å². The molecule has 0 saturated carbocycles. The molecule has 1 aromatic heterocycles. The first-order valence-electron chi connectivity index (χ1n) is 7.64. The van der Waals surface area contributed by atoms with E-state index in [4.69, 9.17) is 35.6 Å². The van der Waals surface area contributed by atoms with Crippen LogP contribution in [0, 0.1) is 5.82 Å². The zero-order valence-corrected chi connectivity index (χ0v) is 15.5. The van der Waals surface area contributed by atoms with Crippen LogP contribution in [0.3, 0.4) is 0 Å². The Morgan fingerprint density at radius 2 is 2.31 bits per heavy atom. The van der Waals surface area contributed by atoms with Gasteiger partial charge in [-0.15, -0.1) is 11.6 Å². The highest BCUT2D eigenvalue weighted by atomic mass is 35.5. The Hall–Kier alpha value is -1.10. The number of fused-ring (bicyclic) bond motifs is 1. The molecule has 3 rings (SSSR count). The molecule has 0 radical (unpaired) electrons. The maximum absolute atomic E-state index is 15.1. The maximum Gasteiger partial charge on any atom is 0.475 e. The van der Waals surface area contributed by atoms with Crippen molar-refractivity contribution in [1.82, 2.24) is 9.55 Å². The number of phosphoric acid groups is 1. The Morgan fingerprint density at radius 1 is 1.62 bits per heavy atom.